The zero-order chi connectivity index (χ0) is 17.6. The molecule has 0 amide bonds. The molecule has 2 heteroatoms. The molecule has 0 fully saturated rings. The molecule has 2 nitrogen and oxygen atoms in total. The van der Waals surface area contributed by atoms with E-state index in [0.717, 1.165) is 18.4 Å². The predicted octanol–water partition coefficient (Wildman–Crippen LogP) is 7.20. The van der Waals surface area contributed by atoms with Crippen LogP contribution in [0.4, 0.5) is 0 Å². The second-order valence-corrected chi connectivity index (χ2v) is 6.94. The topological polar surface area (TPSA) is 40.5 Å². The molecule has 2 N–H and O–H groups in total. The van der Waals surface area contributed by atoms with Crippen LogP contribution in [0.5, 0.6) is 11.5 Å². The summed E-state index contributed by atoms with van der Waals surface area (Å²) in [6.45, 7) is 6.31. The van der Waals surface area contributed by atoms with Crippen molar-refractivity contribution in [3.8, 4) is 11.5 Å². The van der Waals surface area contributed by atoms with Gasteiger partial charge in [0.05, 0.1) is 0 Å². The first-order chi connectivity index (χ1) is 11.6. The first-order valence-electron chi connectivity index (χ1n) is 9.85. The maximum Gasteiger partial charge on any atom is 0.123 e. The van der Waals surface area contributed by atoms with Crippen molar-refractivity contribution in [3.05, 3.63) is 30.3 Å². The summed E-state index contributed by atoms with van der Waals surface area (Å²) in [5.41, 5.74) is 1.59. The molecule has 0 atom stereocenters. The second-order valence-electron chi connectivity index (χ2n) is 6.94. The first-order valence-corrected chi connectivity index (χ1v) is 9.85. The summed E-state index contributed by atoms with van der Waals surface area (Å²) in [5, 5.41) is 19.3. The molecule has 0 aliphatic carbocycles. The third-order valence-corrected chi connectivity index (χ3v) is 4.69. The van der Waals surface area contributed by atoms with E-state index in [1.165, 1.54) is 82.8 Å². The Labute approximate surface area is 148 Å². The molecule has 0 aliphatic heterocycles. The average molecular weight is 333 g/mol. The number of phenolic OH excluding ortho intramolecular Hbond substituents is 2. The molecular weight excluding hydrogens is 296 g/mol. The molecule has 1 rings (SSSR count). The van der Waals surface area contributed by atoms with Gasteiger partial charge in [-0.3, -0.25) is 0 Å². The Bertz CT molecular complexity index is 465. The van der Waals surface area contributed by atoms with Crippen molar-refractivity contribution in [2.24, 2.45) is 0 Å². The number of rotatable bonds is 14. The van der Waals surface area contributed by atoms with Crippen molar-refractivity contribution >= 4 is 5.57 Å². The van der Waals surface area contributed by atoms with Gasteiger partial charge in [0.15, 0.2) is 0 Å². The lowest BCUT2D eigenvalue weighted by atomic mass is 9.99. The standard InChI is InChI=1S/C22H36O2/c1-3-4-5-6-7-8-9-10-11-12-13-14-15-19(2)21-18-20(23)16-17-22(21)24/h16-18,23-24H,2-15H2,1H3. The van der Waals surface area contributed by atoms with E-state index in [1.54, 1.807) is 6.07 Å². The van der Waals surface area contributed by atoms with Crippen LogP contribution in [0, 0.1) is 0 Å². The van der Waals surface area contributed by atoms with Gasteiger partial charge in [-0.15, -0.1) is 0 Å². The van der Waals surface area contributed by atoms with E-state index >= 15 is 0 Å². The Balaban J connectivity index is 1.98. The van der Waals surface area contributed by atoms with Crippen molar-refractivity contribution in [2.75, 3.05) is 0 Å². The van der Waals surface area contributed by atoms with Crippen LogP contribution in [-0.2, 0) is 0 Å². The van der Waals surface area contributed by atoms with Crippen LogP contribution in [0.1, 0.15) is 96.0 Å². The fourth-order valence-corrected chi connectivity index (χ4v) is 3.12. The quantitative estimate of drug-likeness (QED) is 0.279. The lowest BCUT2D eigenvalue weighted by Crippen LogP contribution is -1.86. The van der Waals surface area contributed by atoms with E-state index in [9.17, 15) is 10.2 Å². The third kappa shape index (κ3) is 9.00. The molecule has 136 valence electrons. The summed E-state index contributed by atoms with van der Waals surface area (Å²) in [4.78, 5) is 0. The summed E-state index contributed by atoms with van der Waals surface area (Å²) in [6, 6.07) is 4.62. The highest BCUT2D eigenvalue weighted by Crippen LogP contribution is 2.30. The monoisotopic (exact) mass is 332 g/mol. The second kappa shape index (κ2) is 12.9. The molecule has 0 aliphatic rings. The third-order valence-electron chi connectivity index (χ3n) is 4.69. The van der Waals surface area contributed by atoms with Gasteiger partial charge in [-0.1, -0.05) is 84.1 Å². The number of benzene rings is 1. The highest BCUT2D eigenvalue weighted by Gasteiger charge is 2.06. The van der Waals surface area contributed by atoms with E-state index in [1.807, 2.05) is 0 Å². The summed E-state index contributed by atoms with van der Waals surface area (Å²) in [7, 11) is 0. The molecule has 0 aromatic heterocycles. The Hall–Kier alpha value is -1.44. The molecule has 1 aromatic carbocycles. The van der Waals surface area contributed by atoms with E-state index < -0.39 is 0 Å². The minimum absolute atomic E-state index is 0.179. The molecule has 0 heterocycles. The zero-order valence-corrected chi connectivity index (χ0v) is 15.5. The van der Waals surface area contributed by atoms with Gasteiger partial charge in [0.2, 0.25) is 0 Å². The number of aromatic hydroxyl groups is 2. The van der Waals surface area contributed by atoms with Crippen molar-refractivity contribution in [3.63, 3.8) is 0 Å². The van der Waals surface area contributed by atoms with Gasteiger partial charge in [0.25, 0.3) is 0 Å². The fourth-order valence-electron chi connectivity index (χ4n) is 3.12. The normalized spacial score (nSPS) is 10.9. The molecule has 0 bridgehead atoms. The lowest BCUT2D eigenvalue weighted by Gasteiger charge is -2.09. The van der Waals surface area contributed by atoms with Crippen LogP contribution in [-0.4, -0.2) is 10.2 Å². The Morgan fingerprint density at radius 3 is 1.83 bits per heavy atom. The van der Waals surface area contributed by atoms with Crippen LogP contribution >= 0.6 is 0 Å². The molecular formula is C22H36O2. The highest BCUT2D eigenvalue weighted by atomic mass is 16.3. The molecule has 24 heavy (non-hydrogen) atoms. The zero-order valence-electron chi connectivity index (χ0n) is 15.5. The molecule has 0 spiro atoms. The lowest BCUT2D eigenvalue weighted by molar-refractivity contribution is 0.458. The van der Waals surface area contributed by atoms with E-state index in [-0.39, 0.29) is 11.5 Å². The Morgan fingerprint density at radius 1 is 0.792 bits per heavy atom. The van der Waals surface area contributed by atoms with Gasteiger partial charge in [-0.25, -0.2) is 0 Å². The molecule has 0 radical (unpaired) electrons. The Morgan fingerprint density at radius 2 is 1.29 bits per heavy atom. The number of hydrogen-bond acceptors (Lipinski definition) is 2. The summed E-state index contributed by atoms with van der Waals surface area (Å²) in [5.74, 6) is 0.385. The SMILES string of the molecule is C=C(CCCCCCCCCCCCCC)c1cc(O)ccc1O. The molecule has 0 saturated carbocycles. The van der Waals surface area contributed by atoms with Gasteiger partial charge < -0.3 is 10.2 Å². The Kier molecular flexibility index (Phi) is 11.1. The summed E-state index contributed by atoms with van der Waals surface area (Å²) in [6.07, 6.45) is 16.9. The van der Waals surface area contributed by atoms with E-state index in [2.05, 4.69) is 13.5 Å². The molecule has 0 unspecified atom stereocenters. The largest absolute Gasteiger partial charge is 0.508 e. The van der Waals surface area contributed by atoms with Crippen LogP contribution in [0.2, 0.25) is 0 Å². The number of hydrogen-bond donors (Lipinski definition) is 2. The van der Waals surface area contributed by atoms with Gasteiger partial charge in [-0.2, -0.15) is 0 Å². The van der Waals surface area contributed by atoms with Crippen LogP contribution < -0.4 is 0 Å². The minimum Gasteiger partial charge on any atom is -0.508 e. The van der Waals surface area contributed by atoms with Gasteiger partial charge in [0, 0.05) is 5.56 Å². The number of allylic oxidation sites excluding steroid dienone is 1. The first kappa shape index (κ1) is 20.6. The van der Waals surface area contributed by atoms with Gasteiger partial charge in [-0.05, 0) is 36.6 Å². The summed E-state index contributed by atoms with van der Waals surface area (Å²) < 4.78 is 0. The predicted molar refractivity (Wildman–Crippen MR) is 105 cm³/mol. The van der Waals surface area contributed by atoms with Crippen molar-refractivity contribution < 1.29 is 10.2 Å². The molecule has 0 saturated heterocycles. The van der Waals surface area contributed by atoms with Crippen molar-refractivity contribution in [2.45, 2.75) is 90.4 Å². The molecule has 1 aromatic rings. The van der Waals surface area contributed by atoms with Gasteiger partial charge >= 0.3 is 0 Å². The van der Waals surface area contributed by atoms with E-state index in [4.69, 9.17) is 0 Å². The highest BCUT2D eigenvalue weighted by molar-refractivity contribution is 5.69. The van der Waals surface area contributed by atoms with Crippen LogP contribution in [0.15, 0.2) is 24.8 Å². The average Bonchev–Trinajstić information content (AvgIpc) is 2.57. The van der Waals surface area contributed by atoms with Gasteiger partial charge in [0.1, 0.15) is 11.5 Å². The van der Waals surface area contributed by atoms with Crippen LogP contribution in [0.3, 0.4) is 0 Å². The van der Waals surface area contributed by atoms with Crippen molar-refractivity contribution in [1.29, 1.82) is 0 Å². The summed E-state index contributed by atoms with van der Waals surface area (Å²) >= 11 is 0. The number of unbranched alkanes of at least 4 members (excludes halogenated alkanes) is 11. The van der Waals surface area contributed by atoms with Crippen molar-refractivity contribution in [1.82, 2.24) is 0 Å². The fraction of sp³-hybridized carbons (Fsp3) is 0.636. The maximum atomic E-state index is 9.82. The van der Waals surface area contributed by atoms with Crippen LogP contribution in [0.25, 0.3) is 5.57 Å². The maximum absolute atomic E-state index is 9.82. The number of phenols is 2. The van der Waals surface area contributed by atoms with E-state index in [0.29, 0.717) is 5.56 Å². The smallest absolute Gasteiger partial charge is 0.123 e. The minimum atomic E-state index is 0.179.